The van der Waals surface area contributed by atoms with Gasteiger partial charge in [-0.05, 0) is 43.6 Å². The zero-order valence-corrected chi connectivity index (χ0v) is 15.2. The molecule has 0 unspecified atom stereocenters. The number of para-hydroxylation sites is 2. The Kier molecular flexibility index (Phi) is 6.69. The zero-order chi connectivity index (χ0) is 16.6. The van der Waals surface area contributed by atoms with E-state index in [2.05, 4.69) is 39.8 Å². The predicted molar refractivity (Wildman–Crippen MR) is 103 cm³/mol. The van der Waals surface area contributed by atoms with Gasteiger partial charge in [-0.25, -0.2) is 0 Å². The van der Waals surface area contributed by atoms with Crippen LogP contribution < -0.4 is 20.4 Å². The van der Waals surface area contributed by atoms with E-state index < -0.39 is 0 Å². The van der Waals surface area contributed by atoms with E-state index in [4.69, 9.17) is 17.0 Å². The molecule has 2 saturated heterocycles. The first-order valence-electron chi connectivity index (χ1n) is 9.13. The zero-order valence-electron chi connectivity index (χ0n) is 14.4. The lowest BCUT2D eigenvalue weighted by molar-refractivity contribution is -0.906. The molecule has 6 heteroatoms. The van der Waals surface area contributed by atoms with E-state index >= 15 is 0 Å². The van der Waals surface area contributed by atoms with Gasteiger partial charge in [0.05, 0.1) is 37.7 Å². The summed E-state index contributed by atoms with van der Waals surface area (Å²) in [6, 6.07) is 8.48. The lowest BCUT2D eigenvalue weighted by Crippen LogP contribution is -3.14. The summed E-state index contributed by atoms with van der Waals surface area (Å²) in [5.74, 6) is 0. The first-order chi connectivity index (χ1) is 11.8. The van der Waals surface area contributed by atoms with Gasteiger partial charge in [0.2, 0.25) is 0 Å². The largest absolute Gasteiger partial charge is 0.370 e. The average Bonchev–Trinajstić information content (AvgIpc) is 2.64. The van der Waals surface area contributed by atoms with Gasteiger partial charge in [-0.1, -0.05) is 12.1 Å². The van der Waals surface area contributed by atoms with Crippen LogP contribution in [0.3, 0.4) is 0 Å². The molecule has 3 N–H and O–H groups in total. The number of nitrogens with one attached hydrogen (secondary N) is 3. The van der Waals surface area contributed by atoms with Crippen LogP contribution in [-0.4, -0.2) is 57.6 Å². The first kappa shape index (κ1) is 17.5. The van der Waals surface area contributed by atoms with Crippen molar-refractivity contribution in [2.24, 2.45) is 0 Å². The fraction of sp³-hybridized carbons (Fsp3) is 0.611. The van der Waals surface area contributed by atoms with Gasteiger partial charge < -0.3 is 25.2 Å². The molecule has 1 aromatic carbocycles. The minimum atomic E-state index is 0.715. The van der Waals surface area contributed by atoms with E-state index in [1.165, 1.54) is 24.9 Å². The Labute approximate surface area is 150 Å². The second kappa shape index (κ2) is 9.20. The van der Waals surface area contributed by atoms with Crippen molar-refractivity contribution in [2.45, 2.75) is 19.3 Å². The molecule has 0 bridgehead atoms. The topological polar surface area (TPSA) is 41.0 Å². The van der Waals surface area contributed by atoms with Crippen molar-refractivity contribution in [3.05, 3.63) is 24.3 Å². The van der Waals surface area contributed by atoms with Crippen molar-refractivity contribution >= 4 is 28.7 Å². The minimum absolute atomic E-state index is 0.715. The molecule has 2 heterocycles. The maximum Gasteiger partial charge on any atom is 0.171 e. The molecule has 0 aromatic heterocycles. The number of piperidine rings is 1. The Hall–Kier alpha value is -1.37. The third kappa shape index (κ3) is 5.06. The van der Waals surface area contributed by atoms with Gasteiger partial charge in [-0.15, -0.1) is 0 Å². The van der Waals surface area contributed by atoms with E-state index in [0.29, 0.717) is 5.11 Å². The van der Waals surface area contributed by atoms with Gasteiger partial charge >= 0.3 is 0 Å². The Morgan fingerprint density at radius 1 is 1.12 bits per heavy atom. The van der Waals surface area contributed by atoms with Crippen molar-refractivity contribution in [1.29, 1.82) is 0 Å². The van der Waals surface area contributed by atoms with Crippen LogP contribution in [0.5, 0.6) is 0 Å². The summed E-state index contributed by atoms with van der Waals surface area (Å²) in [5.41, 5.74) is 2.37. The SMILES string of the molecule is S=C(NCC[NH+]1CCOCC1)Nc1ccccc1N1CCCCC1. The summed E-state index contributed by atoms with van der Waals surface area (Å²) in [6.07, 6.45) is 3.90. The molecule has 24 heavy (non-hydrogen) atoms. The number of thiocarbonyl (C=S) groups is 1. The molecule has 0 radical (unpaired) electrons. The summed E-state index contributed by atoms with van der Waals surface area (Å²) in [4.78, 5) is 4.05. The maximum absolute atomic E-state index is 5.49. The molecule has 0 spiro atoms. The number of nitrogens with zero attached hydrogens (tertiary/aromatic N) is 1. The van der Waals surface area contributed by atoms with Crippen molar-refractivity contribution in [3.8, 4) is 0 Å². The molecule has 0 saturated carbocycles. The third-order valence-corrected chi connectivity index (χ3v) is 5.06. The van der Waals surface area contributed by atoms with Crippen LogP contribution in [0, 0.1) is 0 Å². The number of anilines is 2. The predicted octanol–water partition coefficient (Wildman–Crippen LogP) is 0.878. The second-order valence-electron chi connectivity index (χ2n) is 6.56. The van der Waals surface area contributed by atoms with E-state index in [-0.39, 0.29) is 0 Å². The van der Waals surface area contributed by atoms with Crippen molar-refractivity contribution in [3.63, 3.8) is 0 Å². The average molecular weight is 350 g/mol. The molecule has 1 aromatic rings. The number of benzene rings is 1. The highest BCUT2D eigenvalue weighted by atomic mass is 32.1. The molecule has 5 nitrogen and oxygen atoms in total. The van der Waals surface area contributed by atoms with E-state index in [9.17, 15) is 0 Å². The number of hydrogen-bond donors (Lipinski definition) is 3. The maximum atomic E-state index is 5.49. The molecule has 0 amide bonds. The third-order valence-electron chi connectivity index (χ3n) is 4.81. The Balaban J connectivity index is 1.48. The van der Waals surface area contributed by atoms with Crippen molar-refractivity contribution in [1.82, 2.24) is 5.32 Å². The summed E-state index contributed by atoms with van der Waals surface area (Å²) in [7, 11) is 0. The van der Waals surface area contributed by atoms with Crippen LogP contribution in [0.25, 0.3) is 0 Å². The summed E-state index contributed by atoms with van der Waals surface area (Å²) in [6.45, 7) is 8.20. The summed E-state index contributed by atoms with van der Waals surface area (Å²) in [5, 5.41) is 7.45. The number of morpholine rings is 1. The molecule has 2 aliphatic heterocycles. The Bertz CT molecular complexity index is 528. The molecular weight excluding hydrogens is 320 g/mol. The van der Waals surface area contributed by atoms with E-state index in [1.807, 2.05) is 0 Å². The van der Waals surface area contributed by atoms with E-state index in [0.717, 1.165) is 58.2 Å². The minimum Gasteiger partial charge on any atom is -0.370 e. The molecule has 3 rings (SSSR count). The molecule has 0 atom stereocenters. The lowest BCUT2D eigenvalue weighted by atomic mass is 10.1. The Morgan fingerprint density at radius 2 is 1.88 bits per heavy atom. The van der Waals surface area contributed by atoms with Gasteiger partial charge in [0, 0.05) is 13.1 Å². The fourth-order valence-corrected chi connectivity index (χ4v) is 3.63. The number of ether oxygens (including phenoxy) is 1. The van der Waals surface area contributed by atoms with Crippen LogP contribution in [-0.2, 0) is 4.74 Å². The van der Waals surface area contributed by atoms with Crippen molar-refractivity contribution < 1.29 is 9.64 Å². The molecule has 132 valence electrons. The second-order valence-corrected chi connectivity index (χ2v) is 6.97. The highest BCUT2D eigenvalue weighted by molar-refractivity contribution is 7.80. The van der Waals surface area contributed by atoms with Gasteiger partial charge in [0.15, 0.2) is 5.11 Å². The van der Waals surface area contributed by atoms with Crippen molar-refractivity contribution in [2.75, 3.05) is 62.7 Å². The molecule has 0 aliphatic carbocycles. The highest BCUT2D eigenvalue weighted by Crippen LogP contribution is 2.28. The first-order valence-corrected chi connectivity index (χ1v) is 9.54. The van der Waals surface area contributed by atoms with Gasteiger partial charge in [-0.2, -0.15) is 0 Å². The standard InChI is InChI=1S/C18H28N4OS/c24-18(19-8-11-21-12-14-23-15-13-21)20-16-6-2-3-7-17(16)22-9-4-1-5-10-22/h2-3,6-7H,1,4-5,8-15H2,(H2,19,20,24)/p+1. The van der Waals surface area contributed by atoms with Gasteiger partial charge in [0.25, 0.3) is 0 Å². The lowest BCUT2D eigenvalue weighted by Gasteiger charge is -2.30. The normalized spacial score (nSPS) is 19.1. The summed E-state index contributed by atoms with van der Waals surface area (Å²) < 4.78 is 5.39. The van der Waals surface area contributed by atoms with Crippen LogP contribution in [0.1, 0.15) is 19.3 Å². The summed E-state index contributed by atoms with van der Waals surface area (Å²) >= 11 is 5.49. The van der Waals surface area contributed by atoms with Gasteiger partial charge in [-0.3, -0.25) is 0 Å². The highest BCUT2D eigenvalue weighted by Gasteiger charge is 2.15. The van der Waals surface area contributed by atoms with Crippen LogP contribution >= 0.6 is 12.2 Å². The quantitative estimate of drug-likeness (QED) is 0.689. The van der Waals surface area contributed by atoms with Crippen LogP contribution in [0.15, 0.2) is 24.3 Å². The van der Waals surface area contributed by atoms with Gasteiger partial charge in [0.1, 0.15) is 13.1 Å². The molecule has 2 fully saturated rings. The molecule has 2 aliphatic rings. The number of rotatable bonds is 5. The van der Waals surface area contributed by atoms with E-state index in [1.54, 1.807) is 4.90 Å². The van der Waals surface area contributed by atoms with Crippen LogP contribution in [0.2, 0.25) is 0 Å². The smallest absolute Gasteiger partial charge is 0.171 e. The number of quaternary nitrogens is 1. The van der Waals surface area contributed by atoms with Crippen LogP contribution in [0.4, 0.5) is 11.4 Å². The Morgan fingerprint density at radius 3 is 2.67 bits per heavy atom. The number of hydrogen-bond acceptors (Lipinski definition) is 3. The monoisotopic (exact) mass is 349 g/mol. The fourth-order valence-electron chi connectivity index (χ4n) is 3.42. The molecular formula is C18H29N4OS+.